The number of aromatic carboxylic acids is 1. The lowest BCUT2D eigenvalue weighted by atomic mass is 10.2. The smallest absolute Gasteiger partial charge is 0.337 e. The largest absolute Gasteiger partial charge is 0.497 e. The van der Waals surface area contributed by atoms with Crippen LogP contribution in [0.1, 0.15) is 35.9 Å². The minimum absolute atomic E-state index is 0.00683. The monoisotopic (exact) mass is 388 g/mol. The molecular formula is C19H20N2O5S. The van der Waals surface area contributed by atoms with Gasteiger partial charge in [-0.2, -0.15) is 0 Å². The zero-order valence-corrected chi connectivity index (χ0v) is 16.1. The Hall–Kier alpha value is -2.87. The number of nitrogens with zero attached hydrogens (tertiary/aromatic N) is 2. The summed E-state index contributed by atoms with van der Waals surface area (Å²) in [4.78, 5) is 29.4. The van der Waals surface area contributed by atoms with Gasteiger partial charge in [0.25, 0.3) is 5.56 Å². The molecule has 1 aromatic carbocycles. The van der Waals surface area contributed by atoms with Crippen LogP contribution in [0.15, 0.2) is 34.4 Å². The van der Waals surface area contributed by atoms with Crippen molar-refractivity contribution in [2.24, 2.45) is 0 Å². The fraction of sp³-hybridized carbons (Fsp3) is 0.316. The van der Waals surface area contributed by atoms with Crippen molar-refractivity contribution in [3.63, 3.8) is 0 Å². The lowest BCUT2D eigenvalue weighted by Gasteiger charge is -2.15. The number of hydrogen-bond acceptors (Lipinski definition) is 6. The van der Waals surface area contributed by atoms with Gasteiger partial charge in [0, 0.05) is 11.3 Å². The van der Waals surface area contributed by atoms with Crippen molar-refractivity contribution >= 4 is 27.5 Å². The maximum absolute atomic E-state index is 13.0. The molecule has 0 unspecified atom stereocenters. The van der Waals surface area contributed by atoms with E-state index in [0.29, 0.717) is 16.4 Å². The number of fused-ring (bicyclic) bond motifs is 1. The van der Waals surface area contributed by atoms with Gasteiger partial charge in [-0.25, -0.2) is 9.78 Å². The van der Waals surface area contributed by atoms with E-state index in [9.17, 15) is 14.7 Å². The van der Waals surface area contributed by atoms with Gasteiger partial charge in [0.15, 0.2) is 0 Å². The van der Waals surface area contributed by atoms with Crippen molar-refractivity contribution in [1.29, 1.82) is 0 Å². The molecule has 0 bridgehead atoms. The van der Waals surface area contributed by atoms with E-state index in [-0.39, 0.29) is 35.6 Å². The van der Waals surface area contributed by atoms with Crippen LogP contribution >= 0.6 is 11.3 Å². The lowest BCUT2D eigenvalue weighted by Crippen LogP contribution is -2.28. The number of methoxy groups -OCH3 is 1. The molecule has 0 aliphatic carbocycles. The van der Waals surface area contributed by atoms with Crippen LogP contribution in [-0.4, -0.2) is 34.3 Å². The molecule has 142 valence electrons. The zero-order chi connectivity index (χ0) is 19.6. The molecule has 0 aliphatic rings. The SMILES string of the molecule is COc1ccc(OCCn2c(C(C)C)nc3scc(C(=O)O)c3c2=O)cc1. The van der Waals surface area contributed by atoms with E-state index in [4.69, 9.17) is 9.47 Å². The molecule has 0 saturated heterocycles. The van der Waals surface area contributed by atoms with Crippen LogP contribution < -0.4 is 15.0 Å². The summed E-state index contributed by atoms with van der Waals surface area (Å²) in [6.45, 7) is 4.42. The molecule has 0 saturated carbocycles. The standard InChI is InChI=1S/C19H20N2O5S/c1-11(2)16-20-17-15(14(10-27-17)19(23)24)18(22)21(16)8-9-26-13-6-4-12(25-3)5-7-13/h4-7,10-11H,8-9H2,1-3H3,(H,23,24). The maximum Gasteiger partial charge on any atom is 0.337 e. The Balaban J connectivity index is 1.90. The minimum atomic E-state index is -1.13. The number of carbonyl (C=O) groups is 1. The van der Waals surface area contributed by atoms with Crippen LogP contribution in [-0.2, 0) is 6.54 Å². The Labute approximate surface area is 159 Å². The summed E-state index contributed by atoms with van der Waals surface area (Å²) in [6.07, 6.45) is 0. The maximum atomic E-state index is 13.0. The molecule has 2 aromatic heterocycles. The number of ether oxygens (including phenoxy) is 2. The van der Waals surface area contributed by atoms with Gasteiger partial charge in [0.2, 0.25) is 0 Å². The molecule has 7 nitrogen and oxygen atoms in total. The lowest BCUT2D eigenvalue weighted by molar-refractivity contribution is 0.0699. The van der Waals surface area contributed by atoms with Crippen LogP contribution in [0.2, 0.25) is 0 Å². The average Bonchev–Trinajstić information content (AvgIpc) is 3.08. The Morgan fingerprint density at radius 3 is 2.52 bits per heavy atom. The van der Waals surface area contributed by atoms with Gasteiger partial charge in [0.05, 0.1) is 24.6 Å². The van der Waals surface area contributed by atoms with E-state index in [0.717, 1.165) is 5.75 Å². The molecule has 0 fully saturated rings. The first kappa shape index (κ1) is 18.9. The summed E-state index contributed by atoms with van der Waals surface area (Å²) in [5.74, 6) is 0.890. The van der Waals surface area contributed by atoms with Gasteiger partial charge >= 0.3 is 5.97 Å². The fourth-order valence-electron chi connectivity index (χ4n) is 2.78. The van der Waals surface area contributed by atoms with Crippen molar-refractivity contribution in [2.75, 3.05) is 13.7 Å². The molecule has 3 aromatic rings. The summed E-state index contributed by atoms with van der Waals surface area (Å²) in [5, 5.41) is 10.9. The van der Waals surface area contributed by atoms with E-state index >= 15 is 0 Å². The summed E-state index contributed by atoms with van der Waals surface area (Å²) >= 11 is 1.17. The fourth-order valence-corrected chi connectivity index (χ4v) is 3.69. The second kappa shape index (κ2) is 7.79. The predicted octanol–water partition coefficient (Wildman–Crippen LogP) is 3.37. The third-order valence-electron chi connectivity index (χ3n) is 4.11. The third kappa shape index (κ3) is 3.80. The third-order valence-corrected chi connectivity index (χ3v) is 4.99. The van der Waals surface area contributed by atoms with Crippen LogP contribution in [0, 0.1) is 0 Å². The number of carboxylic acid groups (broad SMARTS) is 1. The highest BCUT2D eigenvalue weighted by Crippen LogP contribution is 2.24. The topological polar surface area (TPSA) is 90.7 Å². The summed E-state index contributed by atoms with van der Waals surface area (Å²) in [5.41, 5.74) is -0.353. The van der Waals surface area contributed by atoms with Gasteiger partial charge in [-0.3, -0.25) is 9.36 Å². The number of hydrogen-bond donors (Lipinski definition) is 1. The molecule has 27 heavy (non-hydrogen) atoms. The van der Waals surface area contributed by atoms with Crippen LogP contribution in [0.5, 0.6) is 11.5 Å². The molecule has 0 aliphatic heterocycles. The molecule has 0 amide bonds. The number of benzene rings is 1. The molecule has 3 rings (SSSR count). The van der Waals surface area contributed by atoms with Crippen molar-refractivity contribution in [3.8, 4) is 11.5 Å². The number of thiophene rings is 1. The van der Waals surface area contributed by atoms with Crippen molar-refractivity contribution in [2.45, 2.75) is 26.3 Å². The highest BCUT2D eigenvalue weighted by molar-refractivity contribution is 7.17. The Morgan fingerprint density at radius 2 is 1.93 bits per heavy atom. The first-order valence-corrected chi connectivity index (χ1v) is 9.32. The Morgan fingerprint density at radius 1 is 1.26 bits per heavy atom. The van der Waals surface area contributed by atoms with Gasteiger partial charge in [-0.15, -0.1) is 11.3 Å². The van der Waals surface area contributed by atoms with E-state index in [2.05, 4.69) is 4.98 Å². The van der Waals surface area contributed by atoms with Crippen molar-refractivity contribution < 1.29 is 19.4 Å². The van der Waals surface area contributed by atoms with Crippen molar-refractivity contribution in [3.05, 3.63) is 51.4 Å². The quantitative estimate of drug-likeness (QED) is 0.667. The summed E-state index contributed by atoms with van der Waals surface area (Å²) in [6, 6.07) is 7.15. The average molecular weight is 388 g/mol. The summed E-state index contributed by atoms with van der Waals surface area (Å²) < 4.78 is 12.3. The van der Waals surface area contributed by atoms with Gasteiger partial charge < -0.3 is 14.6 Å². The van der Waals surface area contributed by atoms with Gasteiger partial charge in [-0.1, -0.05) is 13.8 Å². The van der Waals surface area contributed by atoms with E-state index in [1.165, 1.54) is 21.3 Å². The van der Waals surface area contributed by atoms with Crippen LogP contribution in [0.25, 0.3) is 10.2 Å². The Bertz CT molecular complexity index is 1020. The number of carboxylic acids is 1. The van der Waals surface area contributed by atoms with Gasteiger partial charge in [-0.05, 0) is 24.3 Å². The van der Waals surface area contributed by atoms with Gasteiger partial charge in [0.1, 0.15) is 28.8 Å². The van der Waals surface area contributed by atoms with Crippen LogP contribution in [0.3, 0.4) is 0 Å². The Kier molecular flexibility index (Phi) is 5.46. The normalized spacial score (nSPS) is 11.1. The zero-order valence-electron chi connectivity index (χ0n) is 15.3. The van der Waals surface area contributed by atoms with E-state index in [1.54, 1.807) is 31.4 Å². The predicted molar refractivity (Wildman–Crippen MR) is 103 cm³/mol. The molecular weight excluding hydrogens is 368 g/mol. The number of rotatable bonds is 7. The first-order valence-electron chi connectivity index (χ1n) is 8.44. The summed E-state index contributed by atoms with van der Waals surface area (Å²) in [7, 11) is 1.59. The second-order valence-electron chi connectivity index (χ2n) is 6.24. The molecule has 2 heterocycles. The van der Waals surface area contributed by atoms with E-state index < -0.39 is 5.97 Å². The highest BCUT2D eigenvalue weighted by atomic mass is 32.1. The minimum Gasteiger partial charge on any atom is -0.497 e. The molecule has 8 heteroatoms. The number of aromatic nitrogens is 2. The first-order chi connectivity index (χ1) is 12.9. The van der Waals surface area contributed by atoms with Crippen LogP contribution in [0.4, 0.5) is 0 Å². The molecule has 0 atom stereocenters. The highest BCUT2D eigenvalue weighted by Gasteiger charge is 2.20. The van der Waals surface area contributed by atoms with E-state index in [1.807, 2.05) is 13.8 Å². The molecule has 1 N–H and O–H groups in total. The molecule has 0 spiro atoms. The van der Waals surface area contributed by atoms with Crippen molar-refractivity contribution in [1.82, 2.24) is 9.55 Å². The molecule has 0 radical (unpaired) electrons. The second-order valence-corrected chi connectivity index (χ2v) is 7.10.